The molecular formula is C12H17NO3. The molecule has 0 aromatic heterocycles. The summed E-state index contributed by atoms with van der Waals surface area (Å²) in [5.41, 5.74) is 6.77. The topological polar surface area (TPSA) is 72.6 Å². The fourth-order valence-electron chi connectivity index (χ4n) is 1.34. The summed E-state index contributed by atoms with van der Waals surface area (Å²) in [6.45, 7) is 5.14. The van der Waals surface area contributed by atoms with E-state index in [0.717, 1.165) is 5.56 Å². The summed E-state index contributed by atoms with van der Waals surface area (Å²) < 4.78 is 5.41. The number of carbonyl (C=O) groups is 1. The average Bonchev–Trinajstić information content (AvgIpc) is 2.16. The van der Waals surface area contributed by atoms with Gasteiger partial charge in [-0.05, 0) is 32.4 Å². The summed E-state index contributed by atoms with van der Waals surface area (Å²) in [5.74, 6) is -0.0284. The van der Waals surface area contributed by atoms with Crippen molar-refractivity contribution < 1.29 is 14.6 Å². The van der Waals surface area contributed by atoms with E-state index in [4.69, 9.17) is 10.5 Å². The van der Waals surface area contributed by atoms with Gasteiger partial charge in [0.05, 0.1) is 6.10 Å². The zero-order chi connectivity index (χ0) is 12.3. The number of carbonyl (C=O) groups excluding carboxylic acids is 1. The molecule has 4 nitrogen and oxygen atoms in total. The van der Waals surface area contributed by atoms with Crippen molar-refractivity contribution in [2.75, 3.05) is 0 Å². The minimum Gasteiger partial charge on any atom is -0.481 e. The summed E-state index contributed by atoms with van der Waals surface area (Å²) in [6, 6.07) is 5.44. The van der Waals surface area contributed by atoms with E-state index >= 15 is 0 Å². The number of aliphatic hydroxyl groups excluding tert-OH is 1. The van der Waals surface area contributed by atoms with Crippen LogP contribution in [-0.2, 0) is 4.79 Å². The van der Waals surface area contributed by atoms with Crippen molar-refractivity contribution in [3.63, 3.8) is 0 Å². The van der Waals surface area contributed by atoms with Crippen LogP contribution in [-0.4, -0.2) is 17.1 Å². The van der Waals surface area contributed by atoms with Gasteiger partial charge in [-0.25, -0.2) is 0 Å². The van der Waals surface area contributed by atoms with E-state index in [9.17, 15) is 9.90 Å². The number of amides is 1. The van der Waals surface area contributed by atoms with Gasteiger partial charge in [0.25, 0.3) is 5.91 Å². The molecule has 1 unspecified atom stereocenters. The molecule has 0 fully saturated rings. The maximum Gasteiger partial charge on any atom is 0.258 e. The molecule has 4 heteroatoms. The van der Waals surface area contributed by atoms with Crippen LogP contribution < -0.4 is 10.5 Å². The lowest BCUT2D eigenvalue weighted by Crippen LogP contribution is -2.31. The van der Waals surface area contributed by atoms with Gasteiger partial charge in [0.1, 0.15) is 5.75 Å². The maximum absolute atomic E-state index is 10.9. The monoisotopic (exact) mass is 223 g/mol. The van der Waals surface area contributed by atoms with Crippen molar-refractivity contribution in [3.8, 4) is 5.75 Å². The van der Waals surface area contributed by atoms with Crippen LogP contribution in [0.2, 0.25) is 0 Å². The first kappa shape index (κ1) is 12.5. The predicted molar refractivity (Wildman–Crippen MR) is 61.1 cm³/mol. The Morgan fingerprint density at radius 1 is 1.44 bits per heavy atom. The van der Waals surface area contributed by atoms with Gasteiger partial charge in [0.2, 0.25) is 0 Å². The number of benzene rings is 1. The normalized spacial score (nSPS) is 14.2. The number of rotatable bonds is 4. The zero-order valence-corrected chi connectivity index (χ0v) is 9.73. The van der Waals surface area contributed by atoms with Crippen LogP contribution in [0.4, 0.5) is 0 Å². The lowest BCUT2D eigenvalue weighted by molar-refractivity contribution is -0.124. The molecular weight excluding hydrogens is 206 g/mol. The Morgan fingerprint density at radius 3 is 2.56 bits per heavy atom. The molecule has 0 saturated carbocycles. The molecule has 1 aromatic carbocycles. The molecule has 16 heavy (non-hydrogen) atoms. The van der Waals surface area contributed by atoms with E-state index in [0.29, 0.717) is 11.3 Å². The van der Waals surface area contributed by atoms with Gasteiger partial charge >= 0.3 is 0 Å². The predicted octanol–water partition coefficient (Wildman–Crippen LogP) is 1.30. The molecule has 0 aliphatic carbocycles. The zero-order valence-electron chi connectivity index (χ0n) is 9.73. The largest absolute Gasteiger partial charge is 0.481 e. The first-order valence-electron chi connectivity index (χ1n) is 5.16. The van der Waals surface area contributed by atoms with Gasteiger partial charge in [-0.15, -0.1) is 0 Å². The molecule has 0 heterocycles. The Kier molecular flexibility index (Phi) is 3.90. The SMILES string of the molecule is Cc1ccc([C@@H](C)O)c(OC(C)C(N)=O)c1. The van der Waals surface area contributed by atoms with Gasteiger partial charge in [-0.3, -0.25) is 4.79 Å². The maximum atomic E-state index is 10.9. The third-order valence-corrected chi connectivity index (χ3v) is 2.32. The van der Waals surface area contributed by atoms with E-state index in [-0.39, 0.29) is 0 Å². The lowest BCUT2D eigenvalue weighted by atomic mass is 10.1. The van der Waals surface area contributed by atoms with E-state index in [1.807, 2.05) is 13.0 Å². The number of hydrogen-bond donors (Lipinski definition) is 2. The highest BCUT2D eigenvalue weighted by Gasteiger charge is 2.15. The second-order valence-corrected chi connectivity index (χ2v) is 3.88. The van der Waals surface area contributed by atoms with Gasteiger partial charge in [-0.2, -0.15) is 0 Å². The Hall–Kier alpha value is -1.55. The Bertz CT molecular complexity index is 388. The highest BCUT2D eigenvalue weighted by Crippen LogP contribution is 2.27. The van der Waals surface area contributed by atoms with E-state index in [1.54, 1.807) is 26.0 Å². The van der Waals surface area contributed by atoms with Crippen LogP contribution >= 0.6 is 0 Å². The molecule has 1 rings (SSSR count). The average molecular weight is 223 g/mol. The molecule has 0 saturated heterocycles. The summed E-state index contributed by atoms with van der Waals surface area (Å²) in [5, 5.41) is 9.55. The molecule has 0 aliphatic rings. The minimum atomic E-state index is -0.709. The van der Waals surface area contributed by atoms with E-state index < -0.39 is 18.1 Å². The van der Waals surface area contributed by atoms with Crippen molar-refractivity contribution in [2.24, 2.45) is 5.73 Å². The molecule has 0 radical (unpaired) electrons. The Morgan fingerprint density at radius 2 is 2.06 bits per heavy atom. The molecule has 2 atom stereocenters. The van der Waals surface area contributed by atoms with Crippen LogP contribution in [0, 0.1) is 6.92 Å². The number of nitrogens with two attached hydrogens (primary N) is 1. The lowest BCUT2D eigenvalue weighted by Gasteiger charge is -2.17. The Balaban J connectivity index is 3.01. The first-order valence-corrected chi connectivity index (χ1v) is 5.16. The number of ether oxygens (including phenoxy) is 1. The van der Waals surface area contributed by atoms with Crippen molar-refractivity contribution in [1.29, 1.82) is 0 Å². The summed E-state index contributed by atoms with van der Waals surface area (Å²) in [4.78, 5) is 10.9. The third kappa shape index (κ3) is 2.97. The van der Waals surface area contributed by atoms with Gasteiger partial charge in [0, 0.05) is 5.56 Å². The smallest absolute Gasteiger partial charge is 0.258 e. The standard InChI is InChI=1S/C12H17NO3/c1-7-4-5-10(8(2)14)11(6-7)16-9(3)12(13)15/h4-6,8-9,14H,1-3H3,(H2,13,15)/t8-,9?/m1/s1. The second-order valence-electron chi connectivity index (χ2n) is 3.88. The number of aryl methyl sites for hydroxylation is 1. The third-order valence-electron chi connectivity index (χ3n) is 2.32. The summed E-state index contributed by atoms with van der Waals surface area (Å²) in [6.07, 6.45) is -1.35. The molecule has 1 amide bonds. The molecule has 3 N–H and O–H groups in total. The quantitative estimate of drug-likeness (QED) is 0.808. The fraction of sp³-hybridized carbons (Fsp3) is 0.417. The highest BCUT2D eigenvalue weighted by molar-refractivity contribution is 5.78. The van der Waals surface area contributed by atoms with Crippen LogP contribution in [0.5, 0.6) is 5.75 Å². The van der Waals surface area contributed by atoms with Crippen molar-refractivity contribution in [1.82, 2.24) is 0 Å². The van der Waals surface area contributed by atoms with Gasteiger partial charge < -0.3 is 15.6 Å². The molecule has 0 spiro atoms. The fourth-order valence-corrected chi connectivity index (χ4v) is 1.34. The molecule has 1 aromatic rings. The summed E-state index contributed by atoms with van der Waals surface area (Å²) >= 11 is 0. The van der Waals surface area contributed by atoms with Crippen LogP contribution in [0.15, 0.2) is 18.2 Å². The van der Waals surface area contributed by atoms with Crippen molar-refractivity contribution in [3.05, 3.63) is 29.3 Å². The molecule has 0 bridgehead atoms. The van der Waals surface area contributed by atoms with Crippen LogP contribution in [0.25, 0.3) is 0 Å². The van der Waals surface area contributed by atoms with Gasteiger partial charge in [0.15, 0.2) is 6.10 Å². The molecule has 88 valence electrons. The van der Waals surface area contributed by atoms with E-state index in [1.165, 1.54) is 0 Å². The second kappa shape index (κ2) is 4.99. The van der Waals surface area contributed by atoms with Crippen LogP contribution in [0.3, 0.4) is 0 Å². The summed E-state index contributed by atoms with van der Waals surface area (Å²) in [7, 11) is 0. The van der Waals surface area contributed by atoms with Gasteiger partial charge in [-0.1, -0.05) is 12.1 Å². The highest BCUT2D eigenvalue weighted by atomic mass is 16.5. The first-order chi connectivity index (χ1) is 7.41. The van der Waals surface area contributed by atoms with Crippen LogP contribution in [0.1, 0.15) is 31.1 Å². The number of hydrogen-bond acceptors (Lipinski definition) is 3. The van der Waals surface area contributed by atoms with Crippen molar-refractivity contribution in [2.45, 2.75) is 33.0 Å². The minimum absolute atomic E-state index is 0.501. The van der Waals surface area contributed by atoms with E-state index in [2.05, 4.69) is 0 Å². The van der Waals surface area contributed by atoms with Crippen molar-refractivity contribution >= 4 is 5.91 Å². The number of aliphatic hydroxyl groups is 1. The number of primary amides is 1. The Labute approximate surface area is 95.0 Å². The molecule has 0 aliphatic heterocycles.